The number of carbonyl (C=O) groups excluding carboxylic acids is 4. The molecule has 0 saturated carbocycles. The van der Waals surface area contributed by atoms with Crippen LogP contribution in [-0.2, 0) is 16.1 Å². The first-order valence-electron chi connectivity index (χ1n) is 7.60. The van der Waals surface area contributed by atoms with E-state index in [1.54, 1.807) is 24.3 Å². The van der Waals surface area contributed by atoms with Crippen LogP contribution in [0.3, 0.4) is 0 Å². The average molecular weight is 342 g/mol. The van der Waals surface area contributed by atoms with E-state index in [9.17, 15) is 19.2 Å². The molecule has 2 N–H and O–H groups in total. The average Bonchev–Trinajstić information content (AvgIpc) is 3.08. The van der Waals surface area contributed by atoms with Gasteiger partial charge >= 0.3 is 5.97 Å². The zero-order valence-corrected chi connectivity index (χ0v) is 13.9. The highest BCUT2D eigenvalue weighted by atomic mass is 16.5. The van der Waals surface area contributed by atoms with Gasteiger partial charge < -0.3 is 15.0 Å². The van der Waals surface area contributed by atoms with E-state index < -0.39 is 12.6 Å². The van der Waals surface area contributed by atoms with Gasteiger partial charge in [0.2, 0.25) is 5.91 Å². The Morgan fingerprint density at radius 1 is 1.04 bits per heavy atom. The van der Waals surface area contributed by atoms with E-state index >= 15 is 0 Å². The fraction of sp³-hybridized carbons (Fsp3) is 0.222. The summed E-state index contributed by atoms with van der Waals surface area (Å²) in [7, 11) is 0. The molecule has 0 atom stereocenters. The van der Waals surface area contributed by atoms with Crippen LogP contribution in [0.5, 0.6) is 0 Å². The fourth-order valence-electron chi connectivity index (χ4n) is 2.04. The third-order valence-corrected chi connectivity index (χ3v) is 3.46. The van der Waals surface area contributed by atoms with Gasteiger partial charge in [0.15, 0.2) is 18.2 Å². The summed E-state index contributed by atoms with van der Waals surface area (Å²) in [4.78, 5) is 48.6. The Morgan fingerprint density at radius 2 is 1.72 bits per heavy atom. The quantitative estimate of drug-likeness (QED) is 0.590. The Kier molecular flexibility index (Phi) is 5.84. The summed E-state index contributed by atoms with van der Waals surface area (Å²) in [5, 5.41) is 2.66. The number of H-pyrrole nitrogens is 1. The minimum Gasteiger partial charge on any atom is -0.453 e. The molecule has 7 nitrogen and oxygen atoms in total. The number of esters is 1. The first-order chi connectivity index (χ1) is 11.9. The largest absolute Gasteiger partial charge is 0.453 e. The molecule has 1 heterocycles. The Balaban J connectivity index is 1.89. The number of ketones is 2. The van der Waals surface area contributed by atoms with E-state index in [1.807, 2.05) is 0 Å². The molecule has 2 rings (SSSR count). The van der Waals surface area contributed by atoms with Crippen LogP contribution in [0.2, 0.25) is 0 Å². The molecule has 25 heavy (non-hydrogen) atoms. The zero-order chi connectivity index (χ0) is 18.4. The molecular weight excluding hydrogens is 324 g/mol. The molecule has 1 amide bonds. The van der Waals surface area contributed by atoms with Gasteiger partial charge in [0, 0.05) is 30.8 Å². The van der Waals surface area contributed by atoms with Crippen molar-refractivity contribution in [2.75, 3.05) is 6.61 Å². The number of rotatable bonds is 7. The van der Waals surface area contributed by atoms with Crippen molar-refractivity contribution < 1.29 is 23.9 Å². The first kappa shape index (κ1) is 18.1. The van der Waals surface area contributed by atoms with Crippen molar-refractivity contribution >= 4 is 23.4 Å². The topological polar surface area (TPSA) is 105 Å². The molecule has 0 bridgehead atoms. The van der Waals surface area contributed by atoms with Crippen LogP contribution in [0.1, 0.15) is 50.6 Å². The monoisotopic (exact) mass is 342 g/mol. The molecule has 0 aliphatic rings. The second-order valence-electron chi connectivity index (χ2n) is 5.46. The highest BCUT2D eigenvalue weighted by Gasteiger charge is 2.14. The lowest BCUT2D eigenvalue weighted by Gasteiger charge is -2.05. The highest BCUT2D eigenvalue weighted by Crippen LogP contribution is 2.08. The summed E-state index contributed by atoms with van der Waals surface area (Å²) in [6.45, 7) is 2.79. The van der Waals surface area contributed by atoms with E-state index in [1.165, 1.54) is 26.1 Å². The molecule has 1 aromatic heterocycles. The number of hydrogen-bond donors (Lipinski definition) is 2. The summed E-state index contributed by atoms with van der Waals surface area (Å²) in [6, 6.07) is 8.03. The van der Waals surface area contributed by atoms with Gasteiger partial charge in [-0.25, -0.2) is 4.79 Å². The summed E-state index contributed by atoms with van der Waals surface area (Å²) in [5.74, 6) is -1.36. The Bertz CT molecular complexity index is 805. The van der Waals surface area contributed by atoms with Crippen LogP contribution in [-0.4, -0.2) is 35.0 Å². The van der Waals surface area contributed by atoms with Crippen molar-refractivity contribution in [3.8, 4) is 0 Å². The van der Waals surface area contributed by atoms with E-state index in [-0.39, 0.29) is 23.2 Å². The molecule has 0 radical (unpaired) electrons. The fourth-order valence-corrected chi connectivity index (χ4v) is 2.04. The maximum absolute atomic E-state index is 12.1. The molecule has 0 saturated heterocycles. The number of aromatic nitrogens is 1. The number of hydrogen-bond acceptors (Lipinski definition) is 5. The van der Waals surface area contributed by atoms with Gasteiger partial charge in [0.25, 0.3) is 0 Å². The molecule has 130 valence electrons. The van der Waals surface area contributed by atoms with Crippen molar-refractivity contribution in [1.29, 1.82) is 0 Å². The molecule has 2 aromatic rings. The summed E-state index contributed by atoms with van der Waals surface area (Å²) < 4.78 is 4.96. The van der Waals surface area contributed by atoms with Crippen molar-refractivity contribution in [2.24, 2.45) is 0 Å². The molecule has 7 heteroatoms. The van der Waals surface area contributed by atoms with Crippen LogP contribution in [0.4, 0.5) is 0 Å². The highest BCUT2D eigenvalue weighted by molar-refractivity contribution is 6.00. The molecule has 0 unspecified atom stereocenters. The molecule has 0 spiro atoms. The van der Waals surface area contributed by atoms with Gasteiger partial charge in [0.1, 0.15) is 5.69 Å². The van der Waals surface area contributed by atoms with E-state index in [0.717, 1.165) is 5.56 Å². The standard InChI is InChI=1S/C18H18N2O5/c1-11(21)15-7-16(20-9-15)18(24)25-10-17(23)14-5-3-13(4-6-14)8-19-12(2)22/h3-7,9,20H,8,10H2,1-2H3,(H,19,22). The van der Waals surface area contributed by atoms with Crippen LogP contribution in [0, 0.1) is 0 Å². The maximum Gasteiger partial charge on any atom is 0.355 e. The number of nitrogens with one attached hydrogen (secondary N) is 2. The minimum absolute atomic E-state index is 0.114. The summed E-state index contributed by atoms with van der Waals surface area (Å²) >= 11 is 0. The number of amides is 1. The number of aromatic amines is 1. The smallest absolute Gasteiger partial charge is 0.355 e. The molecule has 1 aromatic carbocycles. The lowest BCUT2D eigenvalue weighted by molar-refractivity contribution is -0.119. The number of benzene rings is 1. The number of Topliss-reactive ketones (excluding diaryl/α,β-unsaturated/α-hetero) is 2. The van der Waals surface area contributed by atoms with Gasteiger partial charge in [-0.2, -0.15) is 0 Å². The zero-order valence-electron chi connectivity index (χ0n) is 13.9. The lowest BCUT2D eigenvalue weighted by Crippen LogP contribution is -2.19. The minimum atomic E-state index is -0.705. The third kappa shape index (κ3) is 5.13. The van der Waals surface area contributed by atoms with Gasteiger partial charge in [-0.3, -0.25) is 14.4 Å². The van der Waals surface area contributed by atoms with Crippen LogP contribution < -0.4 is 5.32 Å². The maximum atomic E-state index is 12.1. The van der Waals surface area contributed by atoms with Crippen molar-refractivity contribution in [3.63, 3.8) is 0 Å². The summed E-state index contributed by atoms with van der Waals surface area (Å²) in [5.41, 5.74) is 1.74. The normalized spacial score (nSPS) is 10.2. The lowest BCUT2D eigenvalue weighted by atomic mass is 10.1. The van der Waals surface area contributed by atoms with Crippen LogP contribution >= 0.6 is 0 Å². The van der Waals surface area contributed by atoms with Gasteiger partial charge in [-0.1, -0.05) is 24.3 Å². The molecule has 0 aliphatic heterocycles. The van der Waals surface area contributed by atoms with Crippen molar-refractivity contribution in [2.45, 2.75) is 20.4 Å². The van der Waals surface area contributed by atoms with Crippen LogP contribution in [0.25, 0.3) is 0 Å². The molecule has 0 fully saturated rings. The first-order valence-corrected chi connectivity index (χ1v) is 7.60. The van der Waals surface area contributed by atoms with Gasteiger partial charge in [0.05, 0.1) is 0 Å². The number of carbonyl (C=O) groups is 4. The van der Waals surface area contributed by atoms with E-state index in [4.69, 9.17) is 4.74 Å². The SMILES string of the molecule is CC(=O)NCc1ccc(C(=O)COC(=O)c2cc(C(C)=O)c[nH]2)cc1. The molecule has 0 aliphatic carbocycles. The summed E-state index contributed by atoms with van der Waals surface area (Å²) in [6.07, 6.45) is 1.41. The Hall–Kier alpha value is -3.22. The van der Waals surface area contributed by atoms with Gasteiger partial charge in [-0.05, 0) is 18.6 Å². The van der Waals surface area contributed by atoms with E-state index in [0.29, 0.717) is 17.7 Å². The Labute approximate surface area is 144 Å². The number of ether oxygens (including phenoxy) is 1. The van der Waals surface area contributed by atoms with Gasteiger partial charge in [-0.15, -0.1) is 0 Å². The second kappa shape index (κ2) is 8.05. The van der Waals surface area contributed by atoms with E-state index in [2.05, 4.69) is 10.3 Å². The molecular formula is C18H18N2O5. The van der Waals surface area contributed by atoms with Crippen LogP contribution in [0.15, 0.2) is 36.5 Å². The predicted octanol–water partition coefficient (Wildman–Crippen LogP) is 1.89. The third-order valence-electron chi connectivity index (χ3n) is 3.46. The predicted molar refractivity (Wildman–Crippen MR) is 89.4 cm³/mol. The van der Waals surface area contributed by atoms with Crippen molar-refractivity contribution in [1.82, 2.24) is 10.3 Å². The van der Waals surface area contributed by atoms with Crippen molar-refractivity contribution in [3.05, 3.63) is 58.9 Å². The Morgan fingerprint density at radius 3 is 2.28 bits per heavy atom. The second-order valence-corrected chi connectivity index (χ2v) is 5.46.